The van der Waals surface area contributed by atoms with Crippen LogP contribution in [0.15, 0.2) is 47.0 Å². The molecule has 1 saturated heterocycles. The second kappa shape index (κ2) is 8.98. The Morgan fingerprint density at radius 1 is 1.20 bits per heavy atom. The highest BCUT2D eigenvalue weighted by Gasteiger charge is 2.27. The number of hydrogen-bond acceptors (Lipinski definition) is 5. The van der Waals surface area contributed by atoms with Crippen LogP contribution in [0.25, 0.3) is 11.4 Å². The molecule has 1 aliphatic heterocycles. The Bertz CT molecular complexity index is 1030. The number of amides is 1. The van der Waals surface area contributed by atoms with E-state index in [4.69, 9.17) is 16.1 Å². The second-order valence-corrected chi connectivity index (χ2v) is 8.32. The van der Waals surface area contributed by atoms with Gasteiger partial charge in [0.15, 0.2) is 0 Å². The normalized spacial score (nSPS) is 17.1. The van der Waals surface area contributed by atoms with Crippen LogP contribution in [0.2, 0.25) is 5.02 Å². The van der Waals surface area contributed by atoms with Crippen molar-refractivity contribution >= 4 is 23.2 Å². The average molecular weight is 425 g/mol. The fourth-order valence-corrected chi connectivity index (χ4v) is 3.83. The predicted octanol–water partition coefficient (Wildman–Crippen LogP) is 4.86. The number of carbonyl (C=O) groups is 1. The van der Waals surface area contributed by atoms with E-state index < -0.39 is 0 Å². The van der Waals surface area contributed by atoms with Crippen molar-refractivity contribution < 1.29 is 9.32 Å². The molecule has 2 aromatic carbocycles. The van der Waals surface area contributed by atoms with Crippen LogP contribution in [0.1, 0.15) is 29.9 Å². The Labute approximate surface area is 181 Å². The number of halogens is 1. The summed E-state index contributed by atoms with van der Waals surface area (Å²) in [5.74, 6) is 1.10. The number of aromatic nitrogens is 2. The van der Waals surface area contributed by atoms with E-state index >= 15 is 0 Å². The number of anilines is 1. The van der Waals surface area contributed by atoms with Crippen LogP contribution >= 0.6 is 11.6 Å². The summed E-state index contributed by atoms with van der Waals surface area (Å²) in [4.78, 5) is 19.5. The van der Waals surface area contributed by atoms with Crippen molar-refractivity contribution in [3.05, 3.63) is 64.5 Å². The van der Waals surface area contributed by atoms with Crippen LogP contribution in [-0.2, 0) is 11.3 Å². The lowest BCUT2D eigenvalue weighted by atomic mass is 9.97. The molecule has 1 N–H and O–H groups in total. The van der Waals surface area contributed by atoms with Gasteiger partial charge in [0.1, 0.15) is 0 Å². The van der Waals surface area contributed by atoms with Crippen molar-refractivity contribution in [2.45, 2.75) is 33.2 Å². The van der Waals surface area contributed by atoms with Crippen LogP contribution in [0.5, 0.6) is 0 Å². The first-order valence-corrected chi connectivity index (χ1v) is 10.5. The third-order valence-electron chi connectivity index (χ3n) is 5.58. The molecule has 2 heterocycles. The fraction of sp³-hybridized carbons (Fsp3) is 0.348. The number of hydrogen-bond donors (Lipinski definition) is 1. The lowest BCUT2D eigenvalue weighted by Gasteiger charge is -2.30. The van der Waals surface area contributed by atoms with Crippen molar-refractivity contribution in [3.8, 4) is 11.4 Å². The van der Waals surface area contributed by atoms with E-state index in [0.717, 1.165) is 30.6 Å². The molecule has 0 spiro atoms. The van der Waals surface area contributed by atoms with Gasteiger partial charge in [0.05, 0.1) is 12.5 Å². The van der Waals surface area contributed by atoms with Crippen molar-refractivity contribution in [1.29, 1.82) is 0 Å². The van der Waals surface area contributed by atoms with Crippen LogP contribution in [-0.4, -0.2) is 34.0 Å². The molecule has 1 atom stereocenters. The highest BCUT2D eigenvalue weighted by Crippen LogP contribution is 2.23. The summed E-state index contributed by atoms with van der Waals surface area (Å²) in [6.07, 6.45) is 1.84. The van der Waals surface area contributed by atoms with Gasteiger partial charge in [0.2, 0.25) is 17.6 Å². The molecule has 0 radical (unpaired) electrons. The number of nitrogens with zero attached hydrogens (tertiary/aromatic N) is 3. The Kier molecular flexibility index (Phi) is 6.16. The highest BCUT2D eigenvalue weighted by molar-refractivity contribution is 6.30. The number of likely N-dealkylation sites (tertiary alicyclic amines) is 1. The molecule has 6 nitrogen and oxygen atoms in total. The lowest BCUT2D eigenvalue weighted by Crippen LogP contribution is -2.40. The van der Waals surface area contributed by atoms with Crippen LogP contribution in [0.4, 0.5) is 5.69 Å². The van der Waals surface area contributed by atoms with Gasteiger partial charge in [0, 0.05) is 22.8 Å². The molecule has 1 amide bonds. The molecule has 0 bridgehead atoms. The van der Waals surface area contributed by atoms with Crippen molar-refractivity contribution in [2.24, 2.45) is 5.92 Å². The predicted molar refractivity (Wildman–Crippen MR) is 117 cm³/mol. The van der Waals surface area contributed by atoms with Gasteiger partial charge in [-0.15, -0.1) is 0 Å². The summed E-state index contributed by atoms with van der Waals surface area (Å²) in [6.45, 7) is 6.24. The Hall–Kier alpha value is -2.70. The number of carbonyl (C=O) groups excluding carboxylic acids is 1. The standard InChI is InChI=1S/C23H25ClN4O2/c1-15-5-10-20(12-16(15)2)25-23(29)18-4-3-11-28(13-18)14-21-26-22(27-30-21)17-6-8-19(24)9-7-17/h5-10,12,18H,3-4,11,13-14H2,1-2H3,(H,25,29). The van der Waals surface area contributed by atoms with Gasteiger partial charge in [-0.2, -0.15) is 4.98 Å². The van der Waals surface area contributed by atoms with Crippen LogP contribution in [0, 0.1) is 19.8 Å². The number of benzene rings is 2. The summed E-state index contributed by atoms with van der Waals surface area (Å²) in [6, 6.07) is 13.3. The molecule has 1 fully saturated rings. The van der Waals surface area contributed by atoms with Gasteiger partial charge in [-0.25, -0.2) is 0 Å². The SMILES string of the molecule is Cc1ccc(NC(=O)C2CCCN(Cc3nc(-c4ccc(Cl)cc4)no3)C2)cc1C. The molecule has 1 aromatic heterocycles. The highest BCUT2D eigenvalue weighted by atomic mass is 35.5. The number of piperidine rings is 1. The van der Waals surface area contributed by atoms with E-state index in [0.29, 0.717) is 29.8 Å². The second-order valence-electron chi connectivity index (χ2n) is 7.88. The van der Waals surface area contributed by atoms with E-state index in [1.807, 2.05) is 30.3 Å². The maximum atomic E-state index is 12.8. The molecule has 0 saturated carbocycles. The van der Waals surface area contributed by atoms with Gasteiger partial charge in [-0.1, -0.05) is 22.8 Å². The fourth-order valence-electron chi connectivity index (χ4n) is 3.70. The van der Waals surface area contributed by atoms with Crippen LogP contribution in [0.3, 0.4) is 0 Å². The molecule has 1 aliphatic rings. The minimum Gasteiger partial charge on any atom is -0.338 e. The zero-order valence-electron chi connectivity index (χ0n) is 17.2. The molecular formula is C23H25ClN4O2. The monoisotopic (exact) mass is 424 g/mol. The molecule has 3 aromatic rings. The smallest absolute Gasteiger partial charge is 0.241 e. The Morgan fingerprint density at radius 3 is 2.77 bits per heavy atom. The van der Waals surface area contributed by atoms with Crippen molar-refractivity contribution in [1.82, 2.24) is 15.0 Å². The summed E-state index contributed by atoms with van der Waals surface area (Å²) in [7, 11) is 0. The summed E-state index contributed by atoms with van der Waals surface area (Å²) >= 11 is 5.93. The zero-order valence-corrected chi connectivity index (χ0v) is 17.9. The minimum atomic E-state index is -0.0565. The Balaban J connectivity index is 1.36. The van der Waals surface area contributed by atoms with E-state index in [2.05, 4.69) is 34.2 Å². The first kappa shape index (κ1) is 20.6. The van der Waals surface area contributed by atoms with Crippen molar-refractivity contribution in [3.63, 3.8) is 0 Å². The first-order valence-electron chi connectivity index (χ1n) is 10.2. The third kappa shape index (κ3) is 4.89. The van der Waals surface area contributed by atoms with Gasteiger partial charge >= 0.3 is 0 Å². The summed E-state index contributed by atoms with van der Waals surface area (Å²) < 4.78 is 5.43. The van der Waals surface area contributed by atoms with E-state index in [-0.39, 0.29) is 11.8 Å². The van der Waals surface area contributed by atoms with Gasteiger partial charge in [-0.05, 0) is 80.8 Å². The largest absolute Gasteiger partial charge is 0.338 e. The van der Waals surface area contributed by atoms with Gasteiger partial charge in [-0.3, -0.25) is 9.69 Å². The van der Waals surface area contributed by atoms with Gasteiger partial charge in [0.25, 0.3) is 0 Å². The molecule has 1 unspecified atom stereocenters. The van der Waals surface area contributed by atoms with Crippen LogP contribution < -0.4 is 5.32 Å². The number of aryl methyl sites for hydroxylation is 2. The molecule has 0 aliphatic carbocycles. The quantitative estimate of drug-likeness (QED) is 0.633. The minimum absolute atomic E-state index is 0.0565. The third-order valence-corrected chi connectivity index (χ3v) is 5.83. The molecule has 30 heavy (non-hydrogen) atoms. The van der Waals surface area contributed by atoms with E-state index in [9.17, 15) is 4.79 Å². The van der Waals surface area contributed by atoms with E-state index in [1.54, 1.807) is 12.1 Å². The maximum absolute atomic E-state index is 12.8. The molecule has 156 valence electrons. The molecule has 4 rings (SSSR count). The molecular weight excluding hydrogens is 400 g/mol. The Morgan fingerprint density at radius 2 is 2.00 bits per heavy atom. The summed E-state index contributed by atoms with van der Waals surface area (Å²) in [5.41, 5.74) is 4.10. The number of nitrogens with one attached hydrogen (secondary N) is 1. The zero-order chi connectivity index (χ0) is 21.1. The van der Waals surface area contributed by atoms with Gasteiger partial charge < -0.3 is 9.84 Å². The average Bonchev–Trinajstić information content (AvgIpc) is 3.20. The summed E-state index contributed by atoms with van der Waals surface area (Å²) in [5, 5.41) is 7.81. The van der Waals surface area contributed by atoms with Crippen molar-refractivity contribution in [2.75, 3.05) is 18.4 Å². The van der Waals surface area contributed by atoms with E-state index in [1.165, 1.54) is 11.1 Å². The molecule has 7 heteroatoms. The first-order chi connectivity index (χ1) is 14.5. The topological polar surface area (TPSA) is 71.3 Å². The maximum Gasteiger partial charge on any atom is 0.241 e. The lowest BCUT2D eigenvalue weighted by molar-refractivity contribution is -0.121. The number of rotatable bonds is 5.